The Morgan fingerprint density at radius 3 is 1.75 bits per heavy atom. The first-order valence-electron chi connectivity index (χ1n) is 24.9. The van der Waals surface area contributed by atoms with Gasteiger partial charge in [0.1, 0.15) is 6.10 Å². The standard InChI is InChI=1S/C53H83NO5/c1-4-6-8-10-12-14-16-18-20-22-24-26-28-30-32-34-48(55)57-46-38-36-43-42-45-44-37-39-47(52-53(44,40-41-54(45)3)50(43)51(46)59-52)58-49(56)35-33-31-29-27-25-23-21-19-17-15-13-11-9-7-5-2/h18-21,36-39,44-45,47,52H,4-17,22-35,40-42H2,1-3H3/b20-18-,21-19-/t44-,45+,47-,52-,53-/m0/s1. The zero-order chi connectivity index (χ0) is 41.5. The van der Waals surface area contributed by atoms with Crippen LogP contribution in [0.1, 0.15) is 211 Å². The van der Waals surface area contributed by atoms with E-state index in [1.807, 2.05) is 6.07 Å². The highest BCUT2D eigenvalue weighted by molar-refractivity contribution is 5.75. The van der Waals surface area contributed by atoms with Crippen molar-refractivity contribution < 1.29 is 23.8 Å². The van der Waals surface area contributed by atoms with Crippen molar-refractivity contribution in [2.75, 3.05) is 13.6 Å². The normalized spacial score (nSPS) is 22.9. The molecule has 6 nitrogen and oxygen atoms in total. The Bertz CT molecular complexity index is 1480. The van der Waals surface area contributed by atoms with Crippen LogP contribution in [0.15, 0.2) is 48.6 Å². The first kappa shape index (κ1) is 47.2. The van der Waals surface area contributed by atoms with E-state index in [0.29, 0.717) is 30.4 Å². The smallest absolute Gasteiger partial charge is 0.311 e. The van der Waals surface area contributed by atoms with Gasteiger partial charge in [-0.1, -0.05) is 153 Å². The van der Waals surface area contributed by atoms with Gasteiger partial charge in [-0.15, -0.1) is 0 Å². The Morgan fingerprint density at radius 2 is 1.19 bits per heavy atom. The van der Waals surface area contributed by atoms with Gasteiger partial charge in [-0.3, -0.25) is 9.59 Å². The molecule has 2 aliphatic heterocycles. The van der Waals surface area contributed by atoms with Crippen molar-refractivity contribution >= 4 is 11.9 Å². The molecule has 1 aromatic rings. The van der Waals surface area contributed by atoms with Crippen LogP contribution in [0.5, 0.6) is 11.5 Å². The molecule has 5 rings (SSSR count). The number of piperidine rings is 1. The summed E-state index contributed by atoms with van der Waals surface area (Å²) in [6.45, 7) is 5.51. The van der Waals surface area contributed by atoms with Gasteiger partial charge in [0.05, 0.1) is 0 Å². The fourth-order valence-electron chi connectivity index (χ4n) is 10.5. The first-order valence-corrected chi connectivity index (χ1v) is 24.9. The number of hydrogen-bond donors (Lipinski definition) is 0. The third-order valence-electron chi connectivity index (χ3n) is 13.9. The van der Waals surface area contributed by atoms with Crippen LogP contribution in [0.25, 0.3) is 0 Å². The van der Waals surface area contributed by atoms with Crippen LogP contribution in [-0.4, -0.2) is 48.7 Å². The predicted molar refractivity (Wildman–Crippen MR) is 244 cm³/mol. The Morgan fingerprint density at radius 1 is 0.678 bits per heavy atom. The second kappa shape index (κ2) is 26.5. The number of rotatable bonds is 32. The molecule has 6 heteroatoms. The molecule has 1 spiro atoms. The Labute approximate surface area is 360 Å². The molecule has 4 aliphatic rings. The van der Waals surface area contributed by atoms with E-state index >= 15 is 0 Å². The topological polar surface area (TPSA) is 65.1 Å². The zero-order valence-corrected chi connectivity index (χ0v) is 37.8. The molecule has 330 valence electrons. The van der Waals surface area contributed by atoms with Crippen molar-refractivity contribution in [1.29, 1.82) is 0 Å². The summed E-state index contributed by atoms with van der Waals surface area (Å²) in [4.78, 5) is 29.0. The Balaban J connectivity index is 1.02. The second-order valence-corrected chi connectivity index (χ2v) is 18.5. The minimum Gasteiger partial charge on any atom is -0.481 e. The lowest BCUT2D eigenvalue weighted by molar-refractivity contribution is -0.155. The van der Waals surface area contributed by atoms with Crippen molar-refractivity contribution in [3.8, 4) is 11.5 Å². The monoisotopic (exact) mass is 814 g/mol. The molecule has 5 atom stereocenters. The number of likely N-dealkylation sites (N-methyl/N-ethyl adjacent to an activating group) is 1. The summed E-state index contributed by atoms with van der Waals surface area (Å²) < 4.78 is 19.2. The summed E-state index contributed by atoms with van der Waals surface area (Å²) in [5.41, 5.74) is 2.20. The fraction of sp³-hybridized carbons (Fsp3) is 0.736. The maximum atomic E-state index is 13.3. The van der Waals surface area contributed by atoms with Gasteiger partial charge >= 0.3 is 11.9 Å². The van der Waals surface area contributed by atoms with Crippen molar-refractivity contribution in [3.63, 3.8) is 0 Å². The van der Waals surface area contributed by atoms with Crippen LogP contribution >= 0.6 is 0 Å². The maximum Gasteiger partial charge on any atom is 0.311 e. The molecule has 1 fully saturated rings. The van der Waals surface area contributed by atoms with E-state index in [4.69, 9.17) is 14.2 Å². The number of nitrogens with zero attached hydrogens (tertiary/aromatic N) is 1. The molecule has 2 bridgehead atoms. The van der Waals surface area contributed by atoms with Gasteiger partial charge < -0.3 is 19.1 Å². The molecular formula is C53H83NO5. The summed E-state index contributed by atoms with van der Waals surface area (Å²) in [7, 11) is 2.23. The van der Waals surface area contributed by atoms with Crippen molar-refractivity contribution in [1.82, 2.24) is 4.90 Å². The Kier molecular flexibility index (Phi) is 21.2. The number of carbonyl (C=O) groups excluding carboxylic acids is 2. The van der Waals surface area contributed by atoms with E-state index in [9.17, 15) is 9.59 Å². The van der Waals surface area contributed by atoms with Gasteiger partial charge in [-0.25, -0.2) is 0 Å². The van der Waals surface area contributed by atoms with E-state index in [0.717, 1.165) is 70.8 Å². The molecule has 0 saturated carbocycles. The number of esters is 2. The van der Waals surface area contributed by atoms with Crippen molar-refractivity contribution in [2.24, 2.45) is 5.92 Å². The van der Waals surface area contributed by atoms with E-state index in [1.165, 1.54) is 127 Å². The maximum absolute atomic E-state index is 13.3. The third kappa shape index (κ3) is 14.1. The number of benzene rings is 1. The SMILES string of the molecule is CCCCCCCC/C=C\CCCCCCCC(=O)Oc1ccc2c3c1O[C@H]1[C@@H](OC(=O)CCCCCCC/C=C\CCCCCCCC)C=C[C@H]4[C@@H](C2)N(C)CC[C@@]341. The summed E-state index contributed by atoms with van der Waals surface area (Å²) in [6.07, 6.45) is 47.8. The number of likely N-dealkylation sites (tertiary alicyclic amines) is 1. The molecule has 59 heavy (non-hydrogen) atoms. The zero-order valence-electron chi connectivity index (χ0n) is 37.8. The van der Waals surface area contributed by atoms with Crippen LogP contribution in [0.3, 0.4) is 0 Å². The summed E-state index contributed by atoms with van der Waals surface area (Å²) in [5.74, 6) is 1.17. The molecule has 1 saturated heterocycles. The molecule has 0 radical (unpaired) electrons. The minimum atomic E-state index is -0.455. The van der Waals surface area contributed by atoms with Crippen LogP contribution in [0.2, 0.25) is 0 Å². The highest BCUT2D eigenvalue weighted by Gasteiger charge is 2.65. The lowest BCUT2D eigenvalue weighted by Gasteiger charge is -2.56. The fourth-order valence-corrected chi connectivity index (χ4v) is 10.5. The molecule has 0 N–H and O–H groups in total. The van der Waals surface area contributed by atoms with E-state index < -0.39 is 6.10 Å². The molecule has 1 aromatic carbocycles. The van der Waals surface area contributed by atoms with Crippen molar-refractivity contribution in [3.05, 3.63) is 59.7 Å². The van der Waals surface area contributed by atoms with Gasteiger partial charge in [0.2, 0.25) is 0 Å². The number of hydrogen-bond acceptors (Lipinski definition) is 6. The van der Waals surface area contributed by atoms with Gasteiger partial charge in [0.25, 0.3) is 0 Å². The van der Waals surface area contributed by atoms with Gasteiger partial charge in [-0.2, -0.15) is 0 Å². The van der Waals surface area contributed by atoms with Gasteiger partial charge in [0, 0.05) is 35.8 Å². The Hall–Kier alpha value is -2.86. The highest BCUT2D eigenvalue weighted by atomic mass is 16.6. The minimum absolute atomic E-state index is 0.140. The molecular weight excluding hydrogens is 731 g/mol. The molecule has 0 unspecified atom stereocenters. The molecule has 0 aromatic heterocycles. The largest absolute Gasteiger partial charge is 0.481 e. The van der Waals surface area contributed by atoms with E-state index in [-0.39, 0.29) is 29.4 Å². The van der Waals surface area contributed by atoms with Gasteiger partial charge in [0.15, 0.2) is 17.6 Å². The number of ether oxygens (including phenoxy) is 3. The summed E-state index contributed by atoms with van der Waals surface area (Å²) in [5, 5.41) is 0. The summed E-state index contributed by atoms with van der Waals surface area (Å²) >= 11 is 0. The average molecular weight is 814 g/mol. The van der Waals surface area contributed by atoms with E-state index in [1.54, 1.807) is 0 Å². The lowest BCUT2D eigenvalue weighted by Crippen LogP contribution is -2.65. The van der Waals surface area contributed by atoms with Gasteiger partial charge in [-0.05, 0) is 108 Å². The second-order valence-electron chi connectivity index (χ2n) is 18.5. The quantitative estimate of drug-likeness (QED) is 0.0312. The molecule has 2 heterocycles. The molecule has 2 aliphatic carbocycles. The van der Waals surface area contributed by atoms with Crippen LogP contribution in [0.4, 0.5) is 0 Å². The van der Waals surface area contributed by atoms with Crippen molar-refractivity contribution in [2.45, 2.75) is 230 Å². The third-order valence-corrected chi connectivity index (χ3v) is 13.9. The van der Waals surface area contributed by atoms with Crippen LogP contribution in [0, 0.1) is 5.92 Å². The van der Waals surface area contributed by atoms with Crippen LogP contribution in [-0.2, 0) is 26.2 Å². The lowest BCUT2D eigenvalue weighted by atomic mass is 9.53. The average Bonchev–Trinajstić information content (AvgIpc) is 3.59. The van der Waals surface area contributed by atoms with Crippen LogP contribution < -0.4 is 9.47 Å². The highest BCUT2D eigenvalue weighted by Crippen LogP contribution is 2.62. The predicted octanol–water partition coefficient (Wildman–Crippen LogP) is 14.0. The first-order chi connectivity index (χ1) is 29.0. The summed E-state index contributed by atoms with van der Waals surface area (Å²) in [6, 6.07) is 4.47. The molecule has 0 amide bonds. The number of carbonyl (C=O) groups is 2. The van der Waals surface area contributed by atoms with E-state index in [2.05, 4.69) is 68.3 Å². The number of unbranched alkanes of at least 4 members (excludes halogenated alkanes) is 22. The number of allylic oxidation sites excluding steroid dienone is 4.